The summed E-state index contributed by atoms with van der Waals surface area (Å²) in [5.74, 6) is 0. The second kappa shape index (κ2) is 10.8. The summed E-state index contributed by atoms with van der Waals surface area (Å²) in [6, 6.07) is 0. The minimum absolute atomic E-state index is 0.197. The highest BCUT2D eigenvalue weighted by Gasteiger charge is 2.52. The van der Waals surface area contributed by atoms with Crippen molar-refractivity contribution in [2.45, 2.75) is 99.4 Å². The summed E-state index contributed by atoms with van der Waals surface area (Å²) < 4.78 is 40.7. The normalized spacial score (nSPS) is 52.7. The second-order valence-corrected chi connectivity index (χ2v) is 8.16. The molecular formula is C18H31FO13. The third-order valence-corrected chi connectivity index (χ3v) is 5.91. The Morgan fingerprint density at radius 3 is 1.97 bits per heavy atom. The Morgan fingerprint density at radius 1 is 0.750 bits per heavy atom. The maximum Gasteiger partial charge on any atom is 0.228 e. The second-order valence-electron chi connectivity index (χ2n) is 8.16. The lowest BCUT2D eigenvalue weighted by Crippen LogP contribution is -2.65. The monoisotopic (exact) mass is 474 g/mol. The molecule has 0 aliphatic carbocycles. The van der Waals surface area contributed by atoms with Gasteiger partial charge in [0.25, 0.3) is 0 Å². The summed E-state index contributed by atoms with van der Waals surface area (Å²) in [6.07, 6.45) is -21.5. The molecule has 3 aliphatic rings. The fourth-order valence-corrected chi connectivity index (χ4v) is 3.96. The number of hydrogen-bond donors (Lipinski definition) is 8. The smallest absolute Gasteiger partial charge is 0.228 e. The van der Waals surface area contributed by atoms with Crippen LogP contribution in [0.5, 0.6) is 0 Å². The van der Waals surface area contributed by atoms with Gasteiger partial charge in [0, 0.05) is 6.42 Å². The van der Waals surface area contributed by atoms with Gasteiger partial charge < -0.3 is 64.5 Å². The largest absolute Gasteiger partial charge is 0.394 e. The Hall–Kier alpha value is -0.590. The summed E-state index contributed by atoms with van der Waals surface area (Å²) in [5.41, 5.74) is 0. The van der Waals surface area contributed by atoms with E-state index in [0.29, 0.717) is 0 Å². The van der Waals surface area contributed by atoms with E-state index in [4.69, 9.17) is 23.7 Å². The Balaban J connectivity index is 1.79. The first-order chi connectivity index (χ1) is 15.1. The van der Waals surface area contributed by atoms with E-state index in [1.165, 1.54) is 6.92 Å². The van der Waals surface area contributed by atoms with Crippen molar-refractivity contribution in [1.29, 1.82) is 0 Å². The van der Waals surface area contributed by atoms with Gasteiger partial charge in [0.2, 0.25) is 6.36 Å². The molecule has 8 N–H and O–H groups in total. The molecule has 14 heteroatoms. The van der Waals surface area contributed by atoms with Crippen LogP contribution in [0.3, 0.4) is 0 Å². The van der Waals surface area contributed by atoms with Crippen LogP contribution in [0.15, 0.2) is 0 Å². The summed E-state index contributed by atoms with van der Waals surface area (Å²) >= 11 is 0. The highest BCUT2D eigenvalue weighted by atomic mass is 19.1. The number of hydrogen-bond acceptors (Lipinski definition) is 13. The molecule has 0 aromatic rings. The molecule has 0 aromatic heterocycles. The molecule has 13 nitrogen and oxygen atoms in total. The van der Waals surface area contributed by atoms with Gasteiger partial charge in [-0.25, -0.2) is 4.39 Å². The predicted molar refractivity (Wildman–Crippen MR) is 97.3 cm³/mol. The van der Waals surface area contributed by atoms with Crippen molar-refractivity contribution in [1.82, 2.24) is 0 Å². The molecule has 14 atom stereocenters. The first-order valence-electron chi connectivity index (χ1n) is 10.3. The molecule has 0 aromatic carbocycles. The number of rotatable bonds is 6. The van der Waals surface area contributed by atoms with Crippen LogP contribution in [-0.4, -0.2) is 140 Å². The van der Waals surface area contributed by atoms with Crippen LogP contribution in [0.2, 0.25) is 0 Å². The summed E-state index contributed by atoms with van der Waals surface area (Å²) in [6.45, 7) is -0.0395. The molecule has 0 bridgehead atoms. The quantitative estimate of drug-likeness (QED) is 0.183. The van der Waals surface area contributed by atoms with Gasteiger partial charge in [-0.3, -0.25) is 0 Å². The SMILES string of the molecule is CC1O[C@@H](OC2C(O)[C@@H](O)C(CO)O[C@H]2O[C@@H]2C(CO)O[C@H](F)C(O)C2O)CC(O)[C@@H]1O. The van der Waals surface area contributed by atoms with Gasteiger partial charge in [-0.05, 0) is 6.92 Å². The maximum atomic E-state index is 13.7. The Kier molecular flexibility index (Phi) is 8.76. The fraction of sp³-hybridized carbons (Fsp3) is 1.00. The minimum Gasteiger partial charge on any atom is -0.394 e. The van der Waals surface area contributed by atoms with E-state index in [1.54, 1.807) is 0 Å². The van der Waals surface area contributed by atoms with E-state index in [2.05, 4.69) is 0 Å². The molecule has 3 fully saturated rings. The van der Waals surface area contributed by atoms with Gasteiger partial charge in [0.1, 0.15) is 54.9 Å². The first kappa shape index (κ1) is 26.0. The zero-order valence-electron chi connectivity index (χ0n) is 17.2. The van der Waals surface area contributed by atoms with Crippen LogP contribution in [0.1, 0.15) is 13.3 Å². The van der Waals surface area contributed by atoms with Crippen LogP contribution in [0, 0.1) is 0 Å². The van der Waals surface area contributed by atoms with Crippen LogP contribution >= 0.6 is 0 Å². The molecular weight excluding hydrogens is 443 g/mol. The molecule has 188 valence electrons. The molecule has 0 spiro atoms. The van der Waals surface area contributed by atoms with Gasteiger partial charge in [-0.15, -0.1) is 0 Å². The average molecular weight is 474 g/mol. The topological polar surface area (TPSA) is 208 Å². The van der Waals surface area contributed by atoms with Gasteiger partial charge in [-0.1, -0.05) is 0 Å². The lowest BCUT2D eigenvalue weighted by atomic mass is 9.97. The van der Waals surface area contributed by atoms with E-state index in [0.717, 1.165) is 0 Å². The average Bonchev–Trinajstić information content (AvgIpc) is 2.76. The van der Waals surface area contributed by atoms with Crippen molar-refractivity contribution in [3.8, 4) is 0 Å². The van der Waals surface area contributed by atoms with E-state index in [9.17, 15) is 45.2 Å². The molecule has 8 unspecified atom stereocenters. The Labute approximate surface area is 182 Å². The third-order valence-electron chi connectivity index (χ3n) is 5.91. The predicted octanol–water partition coefficient (Wildman–Crippen LogP) is -4.54. The lowest BCUT2D eigenvalue weighted by molar-refractivity contribution is -0.374. The van der Waals surface area contributed by atoms with Crippen molar-refractivity contribution in [2.75, 3.05) is 13.2 Å². The van der Waals surface area contributed by atoms with E-state index in [-0.39, 0.29) is 6.42 Å². The van der Waals surface area contributed by atoms with Gasteiger partial charge in [0.15, 0.2) is 12.6 Å². The third kappa shape index (κ3) is 5.22. The molecule has 32 heavy (non-hydrogen) atoms. The van der Waals surface area contributed by atoms with Gasteiger partial charge in [0.05, 0.1) is 25.4 Å². The van der Waals surface area contributed by atoms with Crippen molar-refractivity contribution >= 4 is 0 Å². The highest BCUT2D eigenvalue weighted by molar-refractivity contribution is 4.95. The summed E-state index contributed by atoms with van der Waals surface area (Å²) in [4.78, 5) is 0. The number of aliphatic hydroxyl groups is 8. The van der Waals surface area contributed by atoms with Gasteiger partial charge in [-0.2, -0.15) is 0 Å². The van der Waals surface area contributed by atoms with Gasteiger partial charge >= 0.3 is 0 Å². The number of halogens is 1. The molecule has 3 aliphatic heterocycles. The molecule has 3 rings (SSSR count). The summed E-state index contributed by atoms with van der Waals surface area (Å²) in [5, 5.41) is 79.5. The minimum atomic E-state index is -2.29. The molecule has 0 amide bonds. The Bertz CT molecular complexity index is 587. The van der Waals surface area contributed by atoms with Crippen molar-refractivity contribution in [3.63, 3.8) is 0 Å². The maximum absolute atomic E-state index is 13.7. The molecule has 0 saturated carbocycles. The van der Waals surface area contributed by atoms with E-state index < -0.39 is 99.3 Å². The summed E-state index contributed by atoms with van der Waals surface area (Å²) in [7, 11) is 0. The Morgan fingerprint density at radius 2 is 1.38 bits per heavy atom. The molecule has 3 heterocycles. The van der Waals surface area contributed by atoms with Crippen molar-refractivity contribution in [2.24, 2.45) is 0 Å². The first-order valence-corrected chi connectivity index (χ1v) is 10.3. The van der Waals surface area contributed by atoms with Crippen molar-refractivity contribution < 1.29 is 68.9 Å². The van der Waals surface area contributed by atoms with Crippen molar-refractivity contribution in [3.05, 3.63) is 0 Å². The van der Waals surface area contributed by atoms with E-state index >= 15 is 0 Å². The highest BCUT2D eigenvalue weighted by Crippen LogP contribution is 2.32. The molecule has 0 radical (unpaired) electrons. The van der Waals surface area contributed by atoms with Crippen LogP contribution < -0.4 is 0 Å². The van der Waals surface area contributed by atoms with Crippen LogP contribution in [0.4, 0.5) is 4.39 Å². The molecule has 3 saturated heterocycles. The zero-order valence-corrected chi connectivity index (χ0v) is 17.2. The van der Waals surface area contributed by atoms with Crippen LogP contribution in [-0.2, 0) is 23.7 Å². The number of alkyl halides is 1. The standard InChI is InChI=1S/C18H31FO13/c1-5-10(23)6(22)2-9(28-5)31-16-12(25)11(24)7(3-20)30-18(16)32-15-8(4-21)29-17(19)14(27)13(15)26/h5-18,20-27H,2-4H2,1H3/t5?,6?,7?,8?,9-,10+,11-,12?,13?,14?,15+,16?,17-,18-/m0/s1. The fourth-order valence-electron chi connectivity index (χ4n) is 3.96. The number of aliphatic hydroxyl groups excluding tert-OH is 8. The van der Waals surface area contributed by atoms with Crippen LogP contribution in [0.25, 0.3) is 0 Å². The lowest BCUT2D eigenvalue weighted by Gasteiger charge is -2.47. The van der Waals surface area contributed by atoms with E-state index in [1.807, 2.05) is 0 Å². The number of ether oxygens (including phenoxy) is 5. The zero-order chi connectivity index (χ0) is 23.7.